The molecule has 4 nitrogen and oxygen atoms in total. The van der Waals surface area contributed by atoms with Crippen LogP contribution in [0.15, 0.2) is 42.5 Å². The molecule has 0 unspecified atom stereocenters. The van der Waals surface area contributed by atoms with Crippen molar-refractivity contribution in [3.8, 4) is 0 Å². The van der Waals surface area contributed by atoms with Crippen LogP contribution in [-0.4, -0.2) is 12.6 Å². The highest BCUT2D eigenvalue weighted by atomic mass is 16.2. The van der Waals surface area contributed by atoms with Gasteiger partial charge in [-0.1, -0.05) is 35.9 Å². The number of anilines is 2. The zero-order valence-electron chi connectivity index (χ0n) is 12.4. The van der Waals surface area contributed by atoms with Crippen molar-refractivity contribution in [3.63, 3.8) is 0 Å². The van der Waals surface area contributed by atoms with Crippen LogP contribution in [-0.2, 0) is 6.42 Å². The fourth-order valence-corrected chi connectivity index (χ4v) is 2.04. The van der Waals surface area contributed by atoms with E-state index in [1.54, 1.807) is 0 Å². The van der Waals surface area contributed by atoms with E-state index in [0.29, 0.717) is 17.9 Å². The highest BCUT2D eigenvalue weighted by molar-refractivity contribution is 5.92. The summed E-state index contributed by atoms with van der Waals surface area (Å²) in [6.07, 6.45) is 0.803. The van der Waals surface area contributed by atoms with E-state index in [9.17, 15) is 4.79 Å². The second-order valence-corrected chi connectivity index (χ2v) is 5.21. The lowest BCUT2D eigenvalue weighted by Gasteiger charge is -2.10. The number of amides is 2. The van der Waals surface area contributed by atoms with Crippen LogP contribution in [0, 0.1) is 13.8 Å². The predicted molar refractivity (Wildman–Crippen MR) is 87.5 cm³/mol. The number of hydrogen-bond acceptors (Lipinski definition) is 2. The van der Waals surface area contributed by atoms with Crippen LogP contribution in [0.3, 0.4) is 0 Å². The Morgan fingerprint density at radius 1 is 1.05 bits per heavy atom. The zero-order chi connectivity index (χ0) is 15.2. The third-order valence-electron chi connectivity index (χ3n) is 3.28. The highest BCUT2D eigenvalue weighted by Gasteiger charge is 2.04. The molecule has 0 spiro atoms. The number of urea groups is 1. The van der Waals surface area contributed by atoms with Crippen LogP contribution < -0.4 is 16.4 Å². The minimum atomic E-state index is -0.238. The molecule has 0 saturated carbocycles. The van der Waals surface area contributed by atoms with Crippen molar-refractivity contribution in [1.82, 2.24) is 5.32 Å². The van der Waals surface area contributed by atoms with Crippen molar-refractivity contribution in [2.75, 3.05) is 17.6 Å². The number of nitrogens with one attached hydrogen (secondary N) is 2. The Kier molecular flexibility index (Phi) is 4.82. The largest absolute Gasteiger partial charge is 0.397 e. The second kappa shape index (κ2) is 6.79. The van der Waals surface area contributed by atoms with E-state index in [1.807, 2.05) is 25.1 Å². The standard InChI is InChI=1S/C17H21N3O/c1-12-3-6-14(7-4-12)9-10-19-17(21)20-16-8-5-13(2)11-15(16)18/h3-8,11H,9-10,18H2,1-2H3,(H2,19,20,21). The Labute approximate surface area is 125 Å². The van der Waals surface area contributed by atoms with Gasteiger partial charge in [0.05, 0.1) is 11.4 Å². The van der Waals surface area contributed by atoms with E-state index < -0.39 is 0 Å². The van der Waals surface area contributed by atoms with Gasteiger partial charge in [0.2, 0.25) is 0 Å². The van der Waals surface area contributed by atoms with E-state index >= 15 is 0 Å². The molecule has 4 N–H and O–H groups in total. The molecule has 0 bridgehead atoms. The lowest BCUT2D eigenvalue weighted by atomic mass is 10.1. The van der Waals surface area contributed by atoms with Crippen molar-refractivity contribution in [2.24, 2.45) is 0 Å². The molecule has 2 aromatic carbocycles. The molecular weight excluding hydrogens is 262 g/mol. The molecule has 110 valence electrons. The molecule has 21 heavy (non-hydrogen) atoms. The summed E-state index contributed by atoms with van der Waals surface area (Å²) in [6.45, 7) is 4.60. The predicted octanol–water partition coefficient (Wildman–Crippen LogP) is 3.25. The minimum Gasteiger partial charge on any atom is -0.397 e. The van der Waals surface area contributed by atoms with Gasteiger partial charge in [0.1, 0.15) is 0 Å². The van der Waals surface area contributed by atoms with Gasteiger partial charge in [-0.05, 0) is 43.5 Å². The molecule has 0 heterocycles. The summed E-state index contributed by atoms with van der Waals surface area (Å²) in [5.74, 6) is 0. The molecule has 0 radical (unpaired) electrons. The summed E-state index contributed by atoms with van der Waals surface area (Å²) < 4.78 is 0. The molecule has 0 fully saturated rings. The average Bonchev–Trinajstić information content (AvgIpc) is 2.44. The number of aryl methyl sites for hydroxylation is 2. The maximum absolute atomic E-state index is 11.8. The summed E-state index contributed by atoms with van der Waals surface area (Å²) in [5.41, 5.74) is 10.6. The van der Waals surface area contributed by atoms with Gasteiger partial charge in [0.15, 0.2) is 0 Å². The molecule has 2 aromatic rings. The molecule has 0 aromatic heterocycles. The van der Waals surface area contributed by atoms with E-state index in [0.717, 1.165) is 12.0 Å². The van der Waals surface area contributed by atoms with Gasteiger partial charge in [0.25, 0.3) is 0 Å². The van der Waals surface area contributed by atoms with E-state index in [1.165, 1.54) is 11.1 Å². The summed E-state index contributed by atoms with van der Waals surface area (Å²) in [4.78, 5) is 11.8. The monoisotopic (exact) mass is 283 g/mol. The maximum Gasteiger partial charge on any atom is 0.319 e. The van der Waals surface area contributed by atoms with Gasteiger partial charge in [-0.15, -0.1) is 0 Å². The Morgan fingerprint density at radius 2 is 1.71 bits per heavy atom. The van der Waals surface area contributed by atoms with Crippen LogP contribution >= 0.6 is 0 Å². The van der Waals surface area contributed by atoms with Gasteiger partial charge in [0, 0.05) is 6.54 Å². The maximum atomic E-state index is 11.8. The number of carbonyl (C=O) groups is 1. The third-order valence-corrected chi connectivity index (χ3v) is 3.28. The SMILES string of the molecule is Cc1ccc(CCNC(=O)Nc2ccc(C)cc2N)cc1. The normalized spacial score (nSPS) is 10.2. The molecule has 0 aliphatic carbocycles. The number of nitrogens with two attached hydrogens (primary N) is 1. The number of benzene rings is 2. The van der Waals surface area contributed by atoms with Gasteiger partial charge in [-0.2, -0.15) is 0 Å². The van der Waals surface area contributed by atoms with Crippen LogP contribution in [0.25, 0.3) is 0 Å². The number of hydrogen-bond donors (Lipinski definition) is 3. The lowest BCUT2D eigenvalue weighted by Crippen LogP contribution is -2.30. The summed E-state index contributed by atoms with van der Waals surface area (Å²) in [7, 11) is 0. The van der Waals surface area contributed by atoms with Crippen molar-refractivity contribution < 1.29 is 4.79 Å². The second-order valence-electron chi connectivity index (χ2n) is 5.21. The zero-order valence-corrected chi connectivity index (χ0v) is 12.4. The fraction of sp³-hybridized carbons (Fsp3) is 0.235. The van der Waals surface area contributed by atoms with E-state index in [-0.39, 0.29) is 6.03 Å². The lowest BCUT2D eigenvalue weighted by molar-refractivity contribution is 0.252. The third kappa shape index (κ3) is 4.53. The molecule has 2 amide bonds. The average molecular weight is 283 g/mol. The Balaban J connectivity index is 1.81. The van der Waals surface area contributed by atoms with E-state index in [4.69, 9.17) is 5.73 Å². The molecule has 0 aliphatic rings. The molecule has 0 aliphatic heterocycles. The molecule has 0 atom stereocenters. The van der Waals surface area contributed by atoms with E-state index in [2.05, 4.69) is 41.8 Å². The quantitative estimate of drug-likeness (QED) is 0.754. The smallest absolute Gasteiger partial charge is 0.319 e. The van der Waals surface area contributed by atoms with Crippen molar-refractivity contribution in [3.05, 3.63) is 59.2 Å². The van der Waals surface area contributed by atoms with Crippen LogP contribution in [0.4, 0.5) is 16.2 Å². The van der Waals surface area contributed by atoms with Gasteiger partial charge < -0.3 is 16.4 Å². The first-order valence-electron chi connectivity index (χ1n) is 7.01. The first-order valence-corrected chi connectivity index (χ1v) is 7.01. The number of rotatable bonds is 4. The number of carbonyl (C=O) groups excluding carboxylic acids is 1. The Bertz CT molecular complexity index is 620. The first-order chi connectivity index (χ1) is 10.0. The van der Waals surface area contributed by atoms with Crippen molar-refractivity contribution in [1.29, 1.82) is 0 Å². The molecule has 2 rings (SSSR count). The van der Waals surface area contributed by atoms with Crippen LogP contribution in [0.2, 0.25) is 0 Å². The summed E-state index contributed by atoms with van der Waals surface area (Å²) in [6, 6.07) is 13.6. The number of nitrogen functional groups attached to an aromatic ring is 1. The Hall–Kier alpha value is -2.49. The minimum absolute atomic E-state index is 0.238. The summed E-state index contributed by atoms with van der Waals surface area (Å²) in [5, 5.41) is 5.59. The molecule has 4 heteroatoms. The van der Waals surface area contributed by atoms with Gasteiger partial charge in [-0.25, -0.2) is 4.79 Å². The summed E-state index contributed by atoms with van der Waals surface area (Å²) >= 11 is 0. The topological polar surface area (TPSA) is 67.2 Å². The van der Waals surface area contributed by atoms with Crippen molar-refractivity contribution in [2.45, 2.75) is 20.3 Å². The van der Waals surface area contributed by atoms with Crippen LogP contribution in [0.1, 0.15) is 16.7 Å². The molecule has 0 saturated heterocycles. The van der Waals surface area contributed by atoms with Gasteiger partial charge >= 0.3 is 6.03 Å². The molecular formula is C17H21N3O. The van der Waals surface area contributed by atoms with Gasteiger partial charge in [-0.3, -0.25) is 0 Å². The highest BCUT2D eigenvalue weighted by Crippen LogP contribution is 2.19. The Morgan fingerprint density at radius 3 is 2.38 bits per heavy atom. The van der Waals surface area contributed by atoms with Crippen molar-refractivity contribution >= 4 is 17.4 Å². The first kappa shape index (κ1) is 14.9. The van der Waals surface area contributed by atoms with Crippen LogP contribution in [0.5, 0.6) is 0 Å². The fourth-order valence-electron chi connectivity index (χ4n) is 2.04.